The second kappa shape index (κ2) is 9.65. The largest absolute Gasteiger partial charge is 0.338 e. The Morgan fingerprint density at radius 1 is 1.03 bits per heavy atom. The van der Waals surface area contributed by atoms with E-state index in [1.165, 1.54) is 0 Å². The summed E-state index contributed by atoms with van der Waals surface area (Å²) in [5.74, 6) is -0.0737. The molecule has 0 unspecified atom stereocenters. The summed E-state index contributed by atoms with van der Waals surface area (Å²) in [4.78, 5) is 37.1. The summed E-state index contributed by atoms with van der Waals surface area (Å²) in [6, 6.07) is 16.3. The highest BCUT2D eigenvalue weighted by Crippen LogP contribution is 2.22. The molecule has 2 heterocycles. The van der Waals surface area contributed by atoms with Crippen LogP contribution in [0.1, 0.15) is 18.9 Å². The van der Waals surface area contributed by atoms with Crippen LogP contribution >= 0.6 is 11.8 Å². The van der Waals surface area contributed by atoms with Crippen LogP contribution < -0.4 is 16.2 Å². The van der Waals surface area contributed by atoms with Gasteiger partial charge >= 0.3 is 6.03 Å². The normalized spacial score (nSPS) is 11.0. The summed E-state index contributed by atoms with van der Waals surface area (Å²) < 4.78 is 3.35. The molecule has 32 heavy (non-hydrogen) atoms. The molecule has 0 atom stereocenters. The van der Waals surface area contributed by atoms with E-state index in [-0.39, 0.29) is 11.3 Å². The Hall–Kier alpha value is -3.66. The van der Waals surface area contributed by atoms with Gasteiger partial charge in [0.1, 0.15) is 0 Å². The van der Waals surface area contributed by atoms with Crippen molar-refractivity contribution in [2.24, 2.45) is 0 Å². The number of rotatable bonds is 7. The Balaban J connectivity index is 1.67. The molecule has 164 valence electrons. The summed E-state index contributed by atoms with van der Waals surface area (Å²) in [6.07, 6.45) is 0.778. The van der Waals surface area contributed by atoms with Gasteiger partial charge in [-0.1, -0.05) is 61.2 Å². The molecule has 10 heteroatoms. The number of thioether (sulfide) groups is 1. The minimum Gasteiger partial charge on any atom is -0.338 e. The number of amides is 3. The highest BCUT2D eigenvalue weighted by Gasteiger charge is 2.18. The molecule has 0 fully saturated rings. The van der Waals surface area contributed by atoms with Gasteiger partial charge in [-0.05, 0) is 24.1 Å². The van der Waals surface area contributed by atoms with E-state index in [2.05, 4.69) is 20.8 Å². The molecule has 9 nitrogen and oxygen atoms in total. The number of nitrogens with zero attached hydrogens (tertiary/aromatic N) is 4. The van der Waals surface area contributed by atoms with Crippen LogP contribution in [0, 0.1) is 0 Å². The fraction of sp³-hybridized carbons (Fsp3) is 0.227. The Morgan fingerprint density at radius 2 is 1.78 bits per heavy atom. The molecule has 3 amide bonds. The first-order valence-electron chi connectivity index (χ1n) is 10.2. The number of hydrogen-bond acceptors (Lipinski definition) is 6. The molecule has 0 radical (unpaired) electrons. The number of carbonyl (C=O) groups excluding carboxylic acids is 2. The van der Waals surface area contributed by atoms with Gasteiger partial charge in [0.2, 0.25) is 11.7 Å². The van der Waals surface area contributed by atoms with E-state index in [1.54, 1.807) is 15.0 Å². The maximum absolute atomic E-state index is 13.2. The quantitative estimate of drug-likeness (QED) is 0.419. The molecule has 0 saturated heterocycles. The van der Waals surface area contributed by atoms with Crippen molar-refractivity contribution in [1.29, 1.82) is 0 Å². The van der Waals surface area contributed by atoms with Gasteiger partial charge in [-0.25, -0.2) is 4.79 Å². The lowest BCUT2D eigenvalue weighted by molar-refractivity contribution is -0.117. The van der Waals surface area contributed by atoms with Gasteiger partial charge in [-0.2, -0.15) is 0 Å². The number of nitrogens with one attached hydrogen (secondary N) is 2. The van der Waals surface area contributed by atoms with E-state index in [1.807, 2.05) is 55.5 Å². The van der Waals surface area contributed by atoms with Crippen LogP contribution in [-0.4, -0.2) is 43.4 Å². The molecule has 0 aliphatic heterocycles. The molecule has 0 aliphatic rings. The van der Waals surface area contributed by atoms with Crippen molar-refractivity contribution in [1.82, 2.24) is 29.8 Å². The number of aromatic nitrogens is 4. The van der Waals surface area contributed by atoms with Crippen molar-refractivity contribution in [2.45, 2.75) is 25.0 Å². The highest BCUT2D eigenvalue weighted by atomic mass is 32.2. The van der Waals surface area contributed by atoms with Gasteiger partial charge in [-0.3, -0.25) is 23.9 Å². The van der Waals surface area contributed by atoms with Crippen LogP contribution in [0.3, 0.4) is 0 Å². The van der Waals surface area contributed by atoms with Crippen LogP contribution in [0.5, 0.6) is 0 Å². The average molecular weight is 451 g/mol. The summed E-state index contributed by atoms with van der Waals surface area (Å²) in [5.41, 5.74) is 1.46. The first-order valence-corrected chi connectivity index (χ1v) is 11.2. The predicted molar refractivity (Wildman–Crippen MR) is 123 cm³/mol. The number of carbonyl (C=O) groups is 2. The predicted octanol–water partition coefficient (Wildman–Crippen LogP) is 2.42. The summed E-state index contributed by atoms with van der Waals surface area (Å²) in [6.45, 7) is 2.76. The number of urea groups is 1. The molecule has 0 bridgehead atoms. The topological polar surface area (TPSA) is 110 Å². The maximum Gasteiger partial charge on any atom is 0.321 e. The highest BCUT2D eigenvalue weighted by molar-refractivity contribution is 7.99. The summed E-state index contributed by atoms with van der Waals surface area (Å²) in [7, 11) is 0. The van der Waals surface area contributed by atoms with Crippen LogP contribution in [0.2, 0.25) is 0 Å². The van der Waals surface area contributed by atoms with E-state index in [0.717, 1.165) is 23.7 Å². The van der Waals surface area contributed by atoms with E-state index >= 15 is 0 Å². The van der Waals surface area contributed by atoms with Gasteiger partial charge in [0.05, 0.1) is 23.2 Å². The van der Waals surface area contributed by atoms with E-state index in [9.17, 15) is 14.4 Å². The second-order valence-electron chi connectivity index (χ2n) is 7.10. The van der Waals surface area contributed by atoms with Gasteiger partial charge < -0.3 is 5.32 Å². The van der Waals surface area contributed by atoms with Gasteiger partial charge in [-0.15, -0.1) is 10.2 Å². The third kappa shape index (κ3) is 4.50. The smallest absolute Gasteiger partial charge is 0.321 e. The lowest BCUT2D eigenvalue weighted by Gasteiger charge is -2.11. The molecule has 4 aromatic rings. The number of imide groups is 1. The number of benzene rings is 2. The Morgan fingerprint density at radius 3 is 2.56 bits per heavy atom. The van der Waals surface area contributed by atoms with Crippen molar-refractivity contribution in [3.63, 3.8) is 0 Å². The molecule has 2 aromatic carbocycles. The summed E-state index contributed by atoms with van der Waals surface area (Å²) >= 11 is 1.15. The number of hydrogen-bond donors (Lipinski definition) is 2. The van der Waals surface area contributed by atoms with Crippen molar-refractivity contribution in [3.05, 3.63) is 70.5 Å². The third-order valence-electron chi connectivity index (χ3n) is 4.78. The van der Waals surface area contributed by atoms with Crippen molar-refractivity contribution in [3.8, 4) is 0 Å². The fourth-order valence-corrected chi connectivity index (χ4v) is 4.05. The van der Waals surface area contributed by atoms with Crippen molar-refractivity contribution < 1.29 is 9.59 Å². The minimum absolute atomic E-state index is 0.0214. The average Bonchev–Trinajstić information content (AvgIpc) is 3.24. The standard InChI is InChI=1S/C22H22N6O3S/c1-2-12-23-20(31)24-18(29)14-32-22-26-25-21-27(13-15-8-4-3-5-9-15)19(30)16-10-6-7-11-17(16)28(21)22/h3-11H,2,12-14H2,1H3,(H2,23,24,29,31). The first-order chi connectivity index (χ1) is 15.6. The van der Waals surface area contributed by atoms with Crippen molar-refractivity contribution >= 4 is 40.4 Å². The van der Waals surface area contributed by atoms with Crippen molar-refractivity contribution in [2.75, 3.05) is 12.3 Å². The SMILES string of the molecule is CCCNC(=O)NC(=O)CSc1nnc2n(Cc3ccccc3)c(=O)c3ccccc3n12. The van der Waals surface area contributed by atoms with Gasteiger partial charge in [0, 0.05) is 6.54 Å². The van der Waals surface area contributed by atoms with Crippen LogP contribution in [0.4, 0.5) is 4.79 Å². The summed E-state index contributed by atoms with van der Waals surface area (Å²) in [5, 5.41) is 14.4. The fourth-order valence-electron chi connectivity index (χ4n) is 3.31. The first kappa shape index (κ1) is 21.6. The minimum atomic E-state index is -0.522. The monoisotopic (exact) mass is 450 g/mol. The van der Waals surface area contributed by atoms with Gasteiger partial charge in [0.15, 0.2) is 5.16 Å². The molecular formula is C22H22N6O3S. The molecule has 0 aliphatic carbocycles. The Labute approximate surface area is 187 Å². The lowest BCUT2D eigenvalue weighted by atomic mass is 10.2. The van der Waals surface area contributed by atoms with Crippen LogP contribution in [0.25, 0.3) is 16.7 Å². The molecule has 0 saturated carbocycles. The molecule has 0 spiro atoms. The lowest BCUT2D eigenvalue weighted by Crippen LogP contribution is -2.40. The zero-order chi connectivity index (χ0) is 22.5. The zero-order valence-electron chi connectivity index (χ0n) is 17.4. The third-order valence-corrected chi connectivity index (χ3v) is 5.71. The second-order valence-corrected chi connectivity index (χ2v) is 8.05. The van der Waals surface area contributed by atoms with E-state index in [4.69, 9.17) is 0 Å². The van der Waals surface area contributed by atoms with Gasteiger partial charge in [0.25, 0.3) is 5.56 Å². The van der Waals surface area contributed by atoms with Crippen LogP contribution in [0.15, 0.2) is 64.5 Å². The molecule has 4 rings (SSSR count). The van der Waals surface area contributed by atoms with Crippen LogP contribution in [-0.2, 0) is 11.3 Å². The number of para-hydroxylation sites is 1. The Bertz CT molecular complexity index is 1330. The Kier molecular flexibility index (Phi) is 6.50. The molecule has 2 aromatic heterocycles. The van der Waals surface area contributed by atoms with E-state index in [0.29, 0.717) is 34.9 Å². The molecular weight excluding hydrogens is 428 g/mol. The zero-order valence-corrected chi connectivity index (χ0v) is 18.3. The van der Waals surface area contributed by atoms with E-state index < -0.39 is 11.9 Å². The molecule has 2 N–H and O–H groups in total. The number of fused-ring (bicyclic) bond motifs is 3. The maximum atomic E-state index is 13.2.